The van der Waals surface area contributed by atoms with Gasteiger partial charge in [-0.3, -0.25) is 0 Å². The molecule has 2 rings (SSSR count). The maximum atomic E-state index is 11.3. The molecule has 0 atom stereocenters. The number of hydrogen-bond donors (Lipinski definition) is 0. The van der Waals surface area contributed by atoms with Gasteiger partial charge < -0.3 is 4.74 Å². The van der Waals surface area contributed by atoms with Crippen molar-refractivity contribution in [3.05, 3.63) is 19.8 Å². The summed E-state index contributed by atoms with van der Waals surface area (Å²) in [6.07, 6.45) is 0. The molecule has 0 aliphatic carbocycles. The lowest BCUT2D eigenvalue weighted by atomic mass is 10.4. The van der Waals surface area contributed by atoms with Gasteiger partial charge in [0, 0.05) is 4.70 Å². The molecule has 0 aromatic carbocycles. The summed E-state index contributed by atoms with van der Waals surface area (Å²) in [6, 6.07) is 1.95. The van der Waals surface area contributed by atoms with Crippen molar-refractivity contribution in [1.29, 1.82) is 0 Å². The average Bonchev–Trinajstić information content (AvgIpc) is 2.64. The van der Waals surface area contributed by atoms with Crippen LogP contribution < -0.4 is 0 Å². The summed E-state index contributed by atoms with van der Waals surface area (Å²) < 4.78 is 7.58. The van der Waals surface area contributed by atoms with Crippen molar-refractivity contribution in [2.45, 2.75) is 0 Å². The monoisotopic (exact) mass is 310 g/mol. The van der Waals surface area contributed by atoms with E-state index < -0.39 is 0 Å². The lowest BCUT2D eigenvalue weighted by Gasteiger charge is -1.93. The Morgan fingerprint density at radius 3 is 2.86 bits per heavy atom. The average molecular weight is 312 g/mol. The van der Waals surface area contributed by atoms with Crippen LogP contribution in [0.2, 0.25) is 5.02 Å². The van der Waals surface area contributed by atoms with Crippen molar-refractivity contribution in [3.63, 3.8) is 0 Å². The zero-order valence-electron chi connectivity index (χ0n) is 6.97. The zero-order chi connectivity index (χ0) is 10.3. The van der Waals surface area contributed by atoms with Crippen LogP contribution in [-0.2, 0) is 4.74 Å². The smallest absolute Gasteiger partial charge is 0.349 e. The third-order valence-electron chi connectivity index (χ3n) is 1.65. The Bertz CT molecular complexity index is 503. The number of ether oxygens (including phenoxy) is 1. The van der Waals surface area contributed by atoms with E-state index in [1.165, 1.54) is 29.8 Å². The molecule has 2 heterocycles. The van der Waals surface area contributed by atoms with Crippen LogP contribution in [0, 0.1) is 0 Å². The lowest BCUT2D eigenvalue weighted by molar-refractivity contribution is 0.0606. The normalized spacial score (nSPS) is 10.8. The highest BCUT2D eigenvalue weighted by Gasteiger charge is 2.19. The third kappa shape index (κ3) is 1.58. The number of fused-ring (bicyclic) bond motifs is 1. The van der Waals surface area contributed by atoms with Crippen LogP contribution >= 0.6 is 50.2 Å². The maximum absolute atomic E-state index is 11.3. The van der Waals surface area contributed by atoms with Gasteiger partial charge in [0.15, 0.2) is 0 Å². The minimum Gasteiger partial charge on any atom is -0.465 e. The van der Waals surface area contributed by atoms with Gasteiger partial charge in [-0.2, -0.15) is 0 Å². The summed E-state index contributed by atoms with van der Waals surface area (Å²) in [5.74, 6) is -0.375. The molecule has 0 spiro atoms. The Labute approximate surface area is 102 Å². The van der Waals surface area contributed by atoms with Crippen LogP contribution in [-0.4, -0.2) is 13.1 Å². The van der Waals surface area contributed by atoms with Gasteiger partial charge in [0.2, 0.25) is 0 Å². The predicted octanol–water partition coefficient (Wildman–Crippen LogP) is 4.17. The standard InChI is InChI=1S/C8H4BrClO2S2/c1-12-8(11)7-5(10)6-3(13-7)2-4(9)14-6/h2H,1H3. The third-order valence-corrected chi connectivity index (χ3v) is 5.15. The topological polar surface area (TPSA) is 26.3 Å². The highest BCUT2D eigenvalue weighted by molar-refractivity contribution is 9.11. The van der Waals surface area contributed by atoms with Gasteiger partial charge in [0.1, 0.15) is 4.88 Å². The number of hydrogen-bond acceptors (Lipinski definition) is 4. The van der Waals surface area contributed by atoms with Crippen LogP contribution in [0.4, 0.5) is 0 Å². The van der Waals surface area contributed by atoms with E-state index in [-0.39, 0.29) is 5.97 Å². The molecular weight excluding hydrogens is 308 g/mol. The van der Waals surface area contributed by atoms with Crippen molar-refractivity contribution < 1.29 is 9.53 Å². The molecule has 14 heavy (non-hydrogen) atoms. The summed E-state index contributed by atoms with van der Waals surface area (Å²) in [5.41, 5.74) is 0. The van der Waals surface area contributed by atoms with E-state index in [1.807, 2.05) is 6.07 Å². The summed E-state index contributed by atoms with van der Waals surface area (Å²) in [6.45, 7) is 0. The van der Waals surface area contributed by atoms with Crippen LogP contribution in [0.25, 0.3) is 9.40 Å². The largest absolute Gasteiger partial charge is 0.465 e. The molecule has 0 N–H and O–H groups in total. The first kappa shape index (κ1) is 10.4. The lowest BCUT2D eigenvalue weighted by Crippen LogP contribution is -1.97. The van der Waals surface area contributed by atoms with Crippen molar-refractivity contribution in [3.8, 4) is 0 Å². The minimum atomic E-state index is -0.375. The van der Waals surface area contributed by atoms with Crippen molar-refractivity contribution >= 4 is 65.6 Å². The van der Waals surface area contributed by atoms with Gasteiger partial charge in [0.05, 0.1) is 20.6 Å². The highest BCUT2D eigenvalue weighted by Crippen LogP contribution is 2.42. The van der Waals surface area contributed by atoms with Crippen LogP contribution in [0.1, 0.15) is 9.67 Å². The molecule has 0 saturated heterocycles. The molecule has 0 unspecified atom stereocenters. The first-order valence-electron chi connectivity index (χ1n) is 3.59. The first-order chi connectivity index (χ1) is 6.63. The van der Waals surface area contributed by atoms with Crippen LogP contribution in [0.5, 0.6) is 0 Å². The number of thiophene rings is 2. The summed E-state index contributed by atoms with van der Waals surface area (Å²) in [7, 11) is 1.35. The molecule has 0 saturated carbocycles. The van der Waals surface area contributed by atoms with Crippen molar-refractivity contribution in [2.75, 3.05) is 7.11 Å². The fourth-order valence-electron chi connectivity index (χ4n) is 1.06. The number of esters is 1. The molecule has 0 aliphatic rings. The fraction of sp³-hybridized carbons (Fsp3) is 0.125. The molecule has 2 aromatic heterocycles. The molecular formula is C8H4BrClO2S2. The second-order valence-electron chi connectivity index (χ2n) is 2.48. The second-order valence-corrected chi connectivity index (χ2v) is 6.34. The molecule has 2 nitrogen and oxygen atoms in total. The van der Waals surface area contributed by atoms with Gasteiger partial charge >= 0.3 is 5.97 Å². The van der Waals surface area contributed by atoms with E-state index in [9.17, 15) is 4.79 Å². The van der Waals surface area contributed by atoms with Crippen molar-refractivity contribution in [1.82, 2.24) is 0 Å². The molecule has 0 aliphatic heterocycles. The fourth-order valence-corrected chi connectivity index (χ4v) is 4.45. The number of methoxy groups -OCH3 is 1. The maximum Gasteiger partial charge on any atom is 0.349 e. The van der Waals surface area contributed by atoms with Gasteiger partial charge in [-0.15, -0.1) is 22.7 Å². The van der Waals surface area contributed by atoms with Crippen molar-refractivity contribution in [2.24, 2.45) is 0 Å². The Kier molecular flexibility index (Phi) is 2.83. The quantitative estimate of drug-likeness (QED) is 0.739. The summed E-state index contributed by atoms with van der Waals surface area (Å²) in [4.78, 5) is 11.8. The summed E-state index contributed by atoms with van der Waals surface area (Å²) in [5, 5.41) is 0.493. The molecule has 2 aromatic rings. The van der Waals surface area contributed by atoms with E-state index in [0.717, 1.165) is 13.2 Å². The molecule has 0 amide bonds. The Morgan fingerprint density at radius 1 is 1.57 bits per heavy atom. The van der Waals surface area contributed by atoms with E-state index in [2.05, 4.69) is 20.7 Å². The summed E-state index contributed by atoms with van der Waals surface area (Å²) >= 11 is 12.3. The van der Waals surface area contributed by atoms with Crippen LogP contribution in [0.15, 0.2) is 9.85 Å². The number of rotatable bonds is 1. The first-order valence-corrected chi connectivity index (χ1v) is 6.39. The molecule has 0 fully saturated rings. The predicted molar refractivity (Wildman–Crippen MR) is 63.8 cm³/mol. The number of halogens is 2. The molecule has 74 valence electrons. The van der Waals surface area contributed by atoms with E-state index in [1.54, 1.807) is 0 Å². The second kappa shape index (κ2) is 3.81. The molecule has 0 radical (unpaired) electrons. The SMILES string of the molecule is COC(=O)c1sc2cc(Br)sc2c1Cl. The number of carbonyl (C=O) groups excluding carboxylic acids is 1. The molecule has 6 heteroatoms. The Hall–Kier alpha value is -0.100. The van der Waals surface area contributed by atoms with E-state index in [0.29, 0.717) is 9.90 Å². The van der Waals surface area contributed by atoms with Gasteiger partial charge in [-0.05, 0) is 22.0 Å². The van der Waals surface area contributed by atoms with Gasteiger partial charge in [-0.1, -0.05) is 11.6 Å². The minimum absolute atomic E-state index is 0.375. The Balaban J connectivity index is 2.64. The van der Waals surface area contributed by atoms with Crippen LogP contribution in [0.3, 0.4) is 0 Å². The number of carbonyl (C=O) groups is 1. The Morgan fingerprint density at radius 2 is 2.29 bits per heavy atom. The van der Waals surface area contributed by atoms with E-state index in [4.69, 9.17) is 11.6 Å². The van der Waals surface area contributed by atoms with E-state index >= 15 is 0 Å². The molecule has 0 bridgehead atoms. The zero-order valence-corrected chi connectivity index (χ0v) is 10.9. The highest BCUT2D eigenvalue weighted by atomic mass is 79.9. The van der Waals surface area contributed by atoms with Gasteiger partial charge in [-0.25, -0.2) is 4.79 Å². The van der Waals surface area contributed by atoms with Gasteiger partial charge in [0.25, 0.3) is 0 Å².